The number of halogens is 1. The van der Waals surface area contributed by atoms with Crippen molar-refractivity contribution < 1.29 is 14.3 Å². The molecule has 1 aliphatic carbocycles. The Morgan fingerprint density at radius 1 is 0.850 bits per heavy atom. The molecule has 2 aromatic carbocycles. The van der Waals surface area contributed by atoms with Crippen LogP contribution in [0, 0.1) is 0 Å². The third kappa shape index (κ3) is 2.30. The van der Waals surface area contributed by atoms with E-state index in [1.165, 1.54) is 6.08 Å². The molecule has 1 aliphatic rings. The van der Waals surface area contributed by atoms with Gasteiger partial charge in [0.05, 0.1) is 0 Å². The van der Waals surface area contributed by atoms with Crippen molar-refractivity contribution in [3.05, 3.63) is 76.0 Å². The number of benzene rings is 2. The Bertz CT molecular complexity index is 730. The zero-order chi connectivity index (χ0) is 14.1. The van der Waals surface area contributed by atoms with Gasteiger partial charge in [-0.15, -0.1) is 0 Å². The van der Waals surface area contributed by atoms with Gasteiger partial charge < -0.3 is 4.74 Å². The largest absolute Gasteiger partial charge is 0.453 e. The summed E-state index contributed by atoms with van der Waals surface area (Å²) in [5.74, 6) is 0.0754. The number of fused-ring (bicyclic) bond motifs is 1. The molecule has 0 heterocycles. The second kappa shape index (κ2) is 5.06. The molecule has 0 aliphatic heterocycles. The van der Waals surface area contributed by atoms with Gasteiger partial charge in [0.15, 0.2) is 11.5 Å². The lowest BCUT2D eigenvalue weighted by Gasteiger charge is -2.15. The van der Waals surface area contributed by atoms with Gasteiger partial charge in [-0.3, -0.25) is 9.59 Å². The molecule has 0 bridgehead atoms. The van der Waals surface area contributed by atoms with Gasteiger partial charge in [0.25, 0.3) is 0 Å². The Morgan fingerprint density at radius 2 is 1.50 bits per heavy atom. The number of carbonyl (C=O) groups excluding carboxylic acids is 2. The summed E-state index contributed by atoms with van der Waals surface area (Å²) in [4.78, 5) is 24.2. The lowest BCUT2D eigenvalue weighted by Crippen LogP contribution is -2.20. The van der Waals surface area contributed by atoms with Crippen LogP contribution < -0.4 is 4.74 Å². The molecule has 0 aromatic heterocycles. The minimum atomic E-state index is -0.275. The smallest absolute Gasteiger partial charge is 0.229 e. The molecule has 2 aromatic rings. The van der Waals surface area contributed by atoms with Crippen LogP contribution in [0.1, 0.15) is 20.7 Å². The fourth-order valence-electron chi connectivity index (χ4n) is 2.00. The van der Waals surface area contributed by atoms with Gasteiger partial charge in [0, 0.05) is 21.7 Å². The molecule has 98 valence electrons. The minimum absolute atomic E-state index is 0.0519. The van der Waals surface area contributed by atoms with Gasteiger partial charge in [-0.1, -0.05) is 40.2 Å². The molecule has 0 saturated carbocycles. The molecule has 0 unspecified atom stereocenters. The summed E-state index contributed by atoms with van der Waals surface area (Å²) in [7, 11) is 0. The van der Waals surface area contributed by atoms with E-state index in [-0.39, 0.29) is 17.3 Å². The maximum absolute atomic E-state index is 12.3. The van der Waals surface area contributed by atoms with Crippen LogP contribution in [0.4, 0.5) is 0 Å². The van der Waals surface area contributed by atoms with Crippen LogP contribution >= 0.6 is 15.9 Å². The van der Waals surface area contributed by atoms with Crippen molar-refractivity contribution in [1.29, 1.82) is 0 Å². The van der Waals surface area contributed by atoms with E-state index in [1.54, 1.807) is 48.5 Å². The van der Waals surface area contributed by atoms with Crippen LogP contribution in [-0.2, 0) is 0 Å². The van der Waals surface area contributed by atoms with Gasteiger partial charge in [0.2, 0.25) is 5.78 Å². The third-order valence-electron chi connectivity index (χ3n) is 2.96. The average Bonchev–Trinajstić information content (AvgIpc) is 2.47. The number of ether oxygens (including phenoxy) is 1. The van der Waals surface area contributed by atoms with Crippen LogP contribution in [-0.4, -0.2) is 11.6 Å². The van der Waals surface area contributed by atoms with Crippen molar-refractivity contribution >= 4 is 27.5 Å². The van der Waals surface area contributed by atoms with E-state index >= 15 is 0 Å². The second-order valence-electron chi connectivity index (χ2n) is 4.30. The average molecular weight is 329 g/mol. The standard InChI is InChI=1S/C16H9BrO3/c17-10-5-7-11(8-6-10)20-15-9-14(18)12-3-1-2-4-13(12)16(15)19/h1-9H. The zero-order valence-corrected chi connectivity index (χ0v) is 11.9. The maximum atomic E-state index is 12.3. The summed E-state index contributed by atoms with van der Waals surface area (Å²) in [6.45, 7) is 0. The maximum Gasteiger partial charge on any atom is 0.229 e. The van der Waals surface area contributed by atoms with Crippen LogP contribution in [0.2, 0.25) is 0 Å². The van der Waals surface area contributed by atoms with Crippen molar-refractivity contribution in [3.63, 3.8) is 0 Å². The van der Waals surface area contributed by atoms with E-state index in [9.17, 15) is 9.59 Å². The number of Topliss-reactive ketones (excluding diaryl/α,β-unsaturated/α-hetero) is 1. The van der Waals surface area contributed by atoms with E-state index in [2.05, 4.69) is 15.9 Å². The predicted molar refractivity (Wildman–Crippen MR) is 78.0 cm³/mol. The van der Waals surface area contributed by atoms with E-state index in [4.69, 9.17) is 4.74 Å². The Hall–Kier alpha value is -2.20. The molecule has 0 saturated heterocycles. The summed E-state index contributed by atoms with van der Waals surface area (Å²) in [5.41, 5.74) is 0.799. The SMILES string of the molecule is O=C1C=C(Oc2ccc(Br)cc2)C(=O)c2ccccc21. The first-order chi connectivity index (χ1) is 9.65. The molecule has 0 radical (unpaired) electrons. The van der Waals surface area contributed by atoms with Gasteiger partial charge in [-0.05, 0) is 24.3 Å². The van der Waals surface area contributed by atoms with Gasteiger partial charge in [0.1, 0.15) is 5.75 Å². The van der Waals surface area contributed by atoms with Crippen molar-refractivity contribution in [2.45, 2.75) is 0 Å². The monoisotopic (exact) mass is 328 g/mol. The highest BCUT2D eigenvalue weighted by Crippen LogP contribution is 2.24. The first kappa shape index (κ1) is 12.8. The normalized spacial score (nSPS) is 13.8. The van der Waals surface area contributed by atoms with Crippen molar-refractivity contribution in [3.8, 4) is 5.75 Å². The van der Waals surface area contributed by atoms with Crippen molar-refractivity contribution in [2.75, 3.05) is 0 Å². The first-order valence-corrected chi connectivity index (χ1v) is 6.77. The Kier molecular flexibility index (Phi) is 3.24. The molecule has 0 fully saturated rings. The Balaban J connectivity index is 1.94. The van der Waals surface area contributed by atoms with E-state index < -0.39 is 0 Å². The number of allylic oxidation sites excluding steroid dienone is 2. The minimum Gasteiger partial charge on any atom is -0.453 e. The Labute approximate surface area is 124 Å². The molecule has 0 amide bonds. The van der Waals surface area contributed by atoms with Crippen LogP contribution in [0.15, 0.2) is 64.8 Å². The fourth-order valence-corrected chi connectivity index (χ4v) is 2.26. The quantitative estimate of drug-likeness (QED) is 0.842. The van der Waals surface area contributed by atoms with Crippen LogP contribution in [0.5, 0.6) is 5.75 Å². The molecule has 3 nitrogen and oxygen atoms in total. The topological polar surface area (TPSA) is 43.4 Å². The van der Waals surface area contributed by atoms with Crippen LogP contribution in [0.25, 0.3) is 0 Å². The molecule has 20 heavy (non-hydrogen) atoms. The Morgan fingerprint density at radius 3 is 2.20 bits per heavy atom. The highest BCUT2D eigenvalue weighted by atomic mass is 79.9. The third-order valence-corrected chi connectivity index (χ3v) is 3.49. The summed E-state index contributed by atoms with van der Waals surface area (Å²) in [6, 6.07) is 13.8. The highest BCUT2D eigenvalue weighted by Gasteiger charge is 2.26. The van der Waals surface area contributed by atoms with Crippen molar-refractivity contribution in [1.82, 2.24) is 0 Å². The summed E-state index contributed by atoms with van der Waals surface area (Å²) in [5, 5.41) is 0. The molecule has 0 N–H and O–H groups in total. The van der Waals surface area contributed by atoms with Gasteiger partial charge in [-0.2, -0.15) is 0 Å². The summed E-state index contributed by atoms with van der Waals surface area (Å²) >= 11 is 3.32. The number of ketones is 2. The second-order valence-corrected chi connectivity index (χ2v) is 5.22. The summed E-state index contributed by atoms with van der Waals surface area (Å²) in [6.07, 6.45) is 1.24. The lowest BCUT2D eigenvalue weighted by molar-refractivity contribution is 0.0947. The molecule has 4 heteroatoms. The molecular formula is C16H9BrO3. The van der Waals surface area contributed by atoms with E-state index in [1.807, 2.05) is 0 Å². The van der Waals surface area contributed by atoms with E-state index in [0.29, 0.717) is 16.9 Å². The molecule has 0 spiro atoms. The predicted octanol–water partition coefficient (Wildman–Crippen LogP) is 3.79. The molecule has 3 rings (SSSR count). The highest BCUT2D eigenvalue weighted by molar-refractivity contribution is 9.10. The number of hydrogen-bond acceptors (Lipinski definition) is 3. The van der Waals surface area contributed by atoms with Gasteiger partial charge >= 0.3 is 0 Å². The number of rotatable bonds is 2. The zero-order valence-electron chi connectivity index (χ0n) is 10.3. The number of carbonyl (C=O) groups is 2. The number of hydrogen-bond donors (Lipinski definition) is 0. The summed E-state index contributed by atoms with van der Waals surface area (Å²) < 4.78 is 6.43. The van der Waals surface area contributed by atoms with Crippen LogP contribution in [0.3, 0.4) is 0 Å². The molecular weight excluding hydrogens is 320 g/mol. The molecule has 0 atom stereocenters. The lowest BCUT2D eigenvalue weighted by atomic mass is 9.94. The fraction of sp³-hybridized carbons (Fsp3) is 0. The first-order valence-electron chi connectivity index (χ1n) is 5.98. The van der Waals surface area contributed by atoms with E-state index in [0.717, 1.165) is 4.47 Å². The van der Waals surface area contributed by atoms with Crippen molar-refractivity contribution in [2.24, 2.45) is 0 Å². The van der Waals surface area contributed by atoms with Gasteiger partial charge in [-0.25, -0.2) is 0 Å².